The van der Waals surface area contributed by atoms with E-state index in [9.17, 15) is 19.2 Å². The van der Waals surface area contributed by atoms with Crippen molar-refractivity contribution in [3.8, 4) is 0 Å². The largest absolute Gasteiger partial charge is 0.338 e. The predicted octanol–water partition coefficient (Wildman–Crippen LogP) is 1.91. The molecule has 30 heavy (non-hydrogen) atoms. The smallest absolute Gasteiger partial charge is 0.325 e. The average Bonchev–Trinajstić information content (AvgIpc) is 2.98. The average molecular weight is 408 g/mol. The van der Waals surface area contributed by atoms with Gasteiger partial charge in [0.05, 0.1) is 0 Å². The Morgan fingerprint density at radius 2 is 1.63 bits per heavy atom. The molecule has 6 amide bonds. The molecule has 0 saturated carbocycles. The monoisotopic (exact) mass is 408 g/mol. The summed E-state index contributed by atoms with van der Waals surface area (Å²) in [6.45, 7) is 1.75. The molecule has 3 N–H and O–H groups in total. The Hall–Kier alpha value is -3.68. The van der Waals surface area contributed by atoms with Crippen molar-refractivity contribution in [1.29, 1.82) is 0 Å². The van der Waals surface area contributed by atoms with Crippen molar-refractivity contribution in [3.63, 3.8) is 0 Å². The summed E-state index contributed by atoms with van der Waals surface area (Å²) in [6.07, 6.45) is 0.950. The minimum Gasteiger partial charge on any atom is -0.338 e. The third-order valence-corrected chi connectivity index (χ3v) is 4.84. The number of benzene rings is 2. The molecule has 0 unspecified atom stereocenters. The van der Waals surface area contributed by atoms with Gasteiger partial charge in [-0.05, 0) is 17.5 Å². The van der Waals surface area contributed by atoms with Crippen LogP contribution in [0.15, 0.2) is 60.7 Å². The summed E-state index contributed by atoms with van der Waals surface area (Å²) in [6, 6.07) is 16.9. The molecule has 156 valence electrons. The van der Waals surface area contributed by atoms with Crippen molar-refractivity contribution < 1.29 is 19.2 Å². The molecule has 1 aliphatic heterocycles. The molecule has 1 atom stereocenters. The van der Waals surface area contributed by atoms with Crippen LogP contribution in [0.2, 0.25) is 0 Å². The lowest BCUT2D eigenvalue weighted by Crippen LogP contribution is -2.48. The predicted molar refractivity (Wildman–Crippen MR) is 110 cm³/mol. The molecule has 2 aromatic carbocycles. The third kappa shape index (κ3) is 4.48. The Labute approximate surface area is 174 Å². The molecule has 0 aromatic heterocycles. The van der Waals surface area contributed by atoms with Crippen LogP contribution in [0.5, 0.6) is 0 Å². The van der Waals surface area contributed by atoms with E-state index in [1.54, 1.807) is 24.3 Å². The molecule has 8 nitrogen and oxygen atoms in total. The van der Waals surface area contributed by atoms with Crippen LogP contribution in [0.25, 0.3) is 0 Å². The first-order chi connectivity index (χ1) is 14.5. The summed E-state index contributed by atoms with van der Waals surface area (Å²) in [5.74, 6) is -1.28. The molecule has 1 heterocycles. The van der Waals surface area contributed by atoms with Gasteiger partial charge in [-0.15, -0.1) is 0 Å². The van der Waals surface area contributed by atoms with Crippen molar-refractivity contribution >= 4 is 23.9 Å². The van der Waals surface area contributed by atoms with Crippen LogP contribution in [-0.2, 0) is 21.5 Å². The summed E-state index contributed by atoms with van der Waals surface area (Å²) in [7, 11) is 0. The lowest BCUT2D eigenvalue weighted by Gasteiger charge is -2.27. The molecular formula is C22H24N4O4. The Balaban J connectivity index is 1.83. The van der Waals surface area contributed by atoms with E-state index < -0.39 is 36.0 Å². The van der Waals surface area contributed by atoms with Gasteiger partial charge >= 0.3 is 12.1 Å². The van der Waals surface area contributed by atoms with Gasteiger partial charge in [0.1, 0.15) is 6.54 Å². The highest BCUT2D eigenvalue weighted by Gasteiger charge is 2.52. The summed E-state index contributed by atoms with van der Waals surface area (Å²) >= 11 is 0. The fraction of sp³-hybridized carbons (Fsp3) is 0.273. The zero-order valence-electron chi connectivity index (χ0n) is 16.7. The van der Waals surface area contributed by atoms with Gasteiger partial charge in [0, 0.05) is 13.0 Å². The van der Waals surface area contributed by atoms with Gasteiger partial charge in [-0.1, -0.05) is 67.6 Å². The normalized spacial score (nSPS) is 18.1. The molecule has 1 aliphatic rings. The first-order valence-electron chi connectivity index (χ1n) is 9.77. The summed E-state index contributed by atoms with van der Waals surface area (Å²) in [4.78, 5) is 50.8. The summed E-state index contributed by atoms with van der Waals surface area (Å²) < 4.78 is 0. The molecule has 3 rings (SSSR count). The van der Waals surface area contributed by atoms with Crippen LogP contribution in [0.3, 0.4) is 0 Å². The Morgan fingerprint density at radius 1 is 1.00 bits per heavy atom. The second-order valence-corrected chi connectivity index (χ2v) is 7.06. The Bertz CT molecular complexity index is 933. The van der Waals surface area contributed by atoms with Crippen LogP contribution < -0.4 is 16.0 Å². The quantitative estimate of drug-likeness (QED) is 0.608. The number of nitrogens with one attached hydrogen (secondary N) is 3. The van der Waals surface area contributed by atoms with E-state index in [0.717, 1.165) is 10.5 Å². The highest BCUT2D eigenvalue weighted by molar-refractivity contribution is 6.10. The van der Waals surface area contributed by atoms with Crippen LogP contribution in [0, 0.1) is 0 Å². The highest BCUT2D eigenvalue weighted by atomic mass is 16.2. The van der Waals surface area contributed by atoms with E-state index >= 15 is 0 Å². The Kier molecular flexibility index (Phi) is 6.46. The number of imide groups is 2. The van der Waals surface area contributed by atoms with Crippen molar-refractivity contribution in [2.45, 2.75) is 25.3 Å². The number of rotatable bonds is 7. The number of carbonyl (C=O) groups excluding carboxylic acids is 4. The first kappa shape index (κ1) is 21.0. The number of hydrogen-bond donors (Lipinski definition) is 3. The molecule has 8 heteroatoms. The van der Waals surface area contributed by atoms with Crippen molar-refractivity contribution in [2.75, 3.05) is 13.1 Å². The van der Waals surface area contributed by atoms with Crippen LogP contribution in [0.4, 0.5) is 9.59 Å². The van der Waals surface area contributed by atoms with E-state index in [1.807, 2.05) is 43.3 Å². The fourth-order valence-electron chi connectivity index (χ4n) is 3.40. The van der Waals surface area contributed by atoms with E-state index in [4.69, 9.17) is 0 Å². The molecule has 1 saturated heterocycles. The maximum absolute atomic E-state index is 13.4. The number of nitrogens with zero attached hydrogens (tertiary/aromatic N) is 1. The maximum Gasteiger partial charge on any atom is 0.325 e. The van der Waals surface area contributed by atoms with Crippen LogP contribution >= 0.6 is 0 Å². The van der Waals surface area contributed by atoms with Gasteiger partial charge in [0.2, 0.25) is 5.91 Å². The molecule has 1 fully saturated rings. The van der Waals surface area contributed by atoms with Gasteiger partial charge in [-0.25, -0.2) is 9.59 Å². The Morgan fingerprint density at radius 3 is 2.27 bits per heavy atom. The van der Waals surface area contributed by atoms with E-state index in [1.165, 1.54) is 0 Å². The minimum absolute atomic E-state index is 0.234. The summed E-state index contributed by atoms with van der Waals surface area (Å²) in [5, 5.41) is 7.43. The third-order valence-electron chi connectivity index (χ3n) is 4.84. The number of carbonyl (C=O) groups is 4. The summed E-state index contributed by atoms with van der Waals surface area (Å²) in [5.41, 5.74) is 0.154. The molecule has 0 spiro atoms. The van der Waals surface area contributed by atoms with Gasteiger partial charge in [-0.2, -0.15) is 0 Å². The minimum atomic E-state index is -1.33. The lowest BCUT2D eigenvalue weighted by molar-refractivity contribution is -0.135. The van der Waals surface area contributed by atoms with Crippen molar-refractivity contribution in [1.82, 2.24) is 20.9 Å². The van der Waals surface area contributed by atoms with Gasteiger partial charge in [-0.3, -0.25) is 19.8 Å². The zero-order valence-corrected chi connectivity index (χ0v) is 16.7. The molecule has 2 aromatic rings. The molecule has 0 radical (unpaired) electrons. The van der Waals surface area contributed by atoms with Crippen molar-refractivity contribution in [2.24, 2.45) is 0 Å². The lowest BCUT2D eigenvalue weighted by atomic mass is 9.83. The van der Waals surface area contributed by atoms with Crippen LogP contribution in [-0.4, -0.2) is 41.9 Å². The van der Waals surface area contributed by atoms with E-state index in [-0.39, 0.29) is 6.42 Å². The molecule has 0 bridgehead atoms. The maximum atomic E-state index is 13.4. The van der Waals surface area contributed by atoms with Crippen LogP contribution in [0.1, 0.15) is 24.5 Å². The van der Waals surface area contributed by atoms with Crippen molar-refractivity contribution in [3.05, 3.63) is 71.8 Å². The van der Waals surface area contributed by atoms with Gasteiger partial charge in [0.15, 0.2) is 5.54 Å². The SMILES string of the molecule is CCCNC(=O)NC(=O)CN1C(=O)N[C@@](Cc2ccccc2)(c2ccccc2)C1=O. The topological polar surface area (TPSA) is 108 Å². The number of urea groups is 2. The highest BCUT2D eigenvalue weighted by Crippen LogP contribution is 2.32. The first-order valence-corrected chi connectivity index (χ1v) is 9.77. The second kappa shape index (κ2) is 9.21. The fourth-order valence-corrected chi connectivity index (χ4v) is 3.40. The van der Waals surface area contributed by atoms with E-state index in [2.05, 4.69) is 16.0 Å². The van der Waals surface area contributed by atoms with E-state index in [0.29, 0.717) is 18.5 Å². The number of hydrogen-bond acceptors (Lipinski definition) is 4. The van der Waals surface area contributed by atoms with Gasteiger partial charge in [0.25, 0.3) is 5.91 Å². The zero-order chi connectivity index (χ0) is 21.6. The standard InChI is InChI=1S/C22H24N4O4/c1-2-13-23-20(29)24-18(27)15-26-19(28)22(25-21(26)30,17-11-7-4-8-12-17)14-16-9-5-3-6-10-16/h3-12H,2,13-15H2,1H3,(H,25,30)(H2,23,24,27,29)/t22-/m0/s1. The van der Waals surface area contributed by atoms with Gasteiger partial charge < -0.3 is 10.6 Å². The molecule has 0 aliphatic carbocycles. The second-order valence-electron chi connectivity index (χ2n) is 7.06. The molecular weight excluding hydrogens is 384 g/mol. The number of amides is 6.